The van der Waals surface area contributed by atoms with Gasteiger partial charge in [0.05, 0.1) is 6.61 Å². The van der Waals surface area contributed by atoms with E-state index in [1.165, 1.54) is 29.2 Å². The summed E-state index contributed by atoms with van der Waals surface area (Å²) in [6, 6.07) is 14.9. The highest BCUT2D eigenvalue weighted by Gasteiger charge is 2.12. The van der Waals surface area contributed by atoms with Crippen molar-refractivity contribution < 1.29 is 4.84 Å². The fourth-order valence-corrected chi connectivity index (χ4v) is 2.40. The summed E-state index contributed by atoms with van der Waals surface area (Å²) in [5, 5.41) is 4.67. The molecule has 3 rings (SSSR count). The smallest absolute Gasteiger partial charge is 0.0941 e. The first-order chi connectivity index (χ1) is 8.43. The number of nitrogens with zero attached hydrogens (tertiary/aromatic N) is 1. The minimum atomic E-state index is 0.682. The average molecular weight is 227 g/mol. The predicted octanol–water partition coefficient (Wildman–Crippen LogP) is 3.37. The lowest BCUT2D eigenvalue weighted by molar-refractivity contribution is -0.153. The van der Waals surface area contributed by atoms with Gasteiger partial charge in [-0.15, -0.1) is 0 Å². The van der Waals surface area contributed by atoms with Crippen LogP contribution in [-0.4, -0.2) is 18.2 Å². The molecule has 2 nitrogen and oxygen atoms in total. The van der Waals surface area contributed by atoms with E-state index in [9.17, 15) is 0 Å². The van der Waals surface area contributed by atoms with Gasteiger partial charge in [-0.05, 0) is 29.2 Å². The summed E-state index contributed by atoms with van der Waals surface area (Å²) in [4.78, 5) is 5.83. The Bertz CT molecular complexity index is 498. The molecule has 2 heteroatoms. The van der Waals surface area contributed by atoms with Crippen LogP contribution in [0.15, 0.2) is 42.5 Å². The molecule has 17 heavy (non-hydrogen) atoms. The van der Waals surface area contributed by atoms with Crippen LogP contribution in [0.2, 0.25) is 0 Å². The molecule has 1 heterocycles. The molecule has 2 aromatic rings. The molecule has 0 spiro atoms. The van der Waals surface area contributed by atoms with Gasteiger partial charge in [0, 0.05) is 13.1 Å². The van der Waals surface area contributed by atoms with Crippen molar-refractivity contribution in [3.05, 3.63) is 48.0 Å². The van der Waals surface area contributed by atoms with E-state index < -0.39 is 0 Å². The molecule has 0 atom stereocenters. The van der Waals surface area contributed by atoms with Crippen molar-refractivity contribution in [1.82, 2.24) is 5.06 Å². The molecule has 2 aromatic carbocycles. The minimum absolute atomic E-state index is 0.682. The van der Waals surface area contributed by atoms with Gasteiger partial charge in [0.2, 0.25) is 0 Å². The molecule has 88 valence electrons. The van der Waals surface area contributed by atoms with Gasteiger partial charge in [0.15, 0.2) is 0 Å². The molecule has 1 saturated heterocycles. The molecule has 0 aromatic heterocycles. The molecule has 1 fully saturated rings. The van der Waals surface area contributed by atoms with E-state index in [0.29, 0.717) is 6.61 Å². The maximum absolute atomic E-state index is 5.83. The summed E-state index contributed by atoms with van der Waals surface area (Å²) in [6.07, 6.45) is 2.52. The van der Waals surface area contributed by atoms with E-state index >= 15 is 0 Å². The van der Waals surface area contributed by atoms with E-state index in [2.05, 4.69) is 47.5 Å². The van der Waals surface area contributed by atoms with Crippen LogP contribution in [-0.2, 0) is 11.4 Å². The molecule has 0 N–H and O–H groups in total. The normalized spacial score (nSPS) is 16.7. The first kappa shape index (κ1) is 10.8. The minimum Gasteiger partial charge on any atom is -0.294 e. The first-order valence-electron chi connectivity index (χ1n) is 6.28. The van der Waals surface area contributed by atoms with Gasteiger partial charge in [-0.2, -0.15) is 5.06 Å². The highest BCUT2D eigenvalue weighted by Crippen LogP contribution is 2.20. The van der Waals surface area contributed by atoms with Crippen LogP contribution in [0.4, 0.5) is 0 Å². The summed E-state index contributed by atoms with van der Waals surface area (Å²) >= 11 is 0. The summed E-state index contributed by atoms with van der Waals surface area (Å²) in [5.41, 5.74) is 1.27. The maximum Gasteiger partial charge on any atom is 0.0941 e. The Morgan fingerprint density at radius 2 is 1.71 bits per heavy atom. The zero-order chi connectivity index (χ0) is 11.5. The van der Waals surface area contributed by atoms with E-state index in [0.717, 1.165) is 13.1 Å². The lowest BCUT2D eigenvalue weighted by Gasteiger charge is -2.15. The largest absolute Gasteiger partial charge is 0.294 e. The lowest BCUT2D eigenvalue weighted by Crippen LogP contribution is -2.19. The molecule has 0 amide bonds. The highest BCUT2D eigenvalue weighted by atomic mass is 16.7. The van der Waals surface area contributed by atoms with Crippen LogP contribution in [0.3, 0.4) is 0 Å². The number of fused-ring (bicyclic) bond motifs is 1. The van der Waals surface area contributed by atoms with Gasteiger partial charge in [-0.3, -0.25) is 4.84 Å². The van der Waals surface area contributed by atoms with Crippen LogP contribution >= 0.6 is 0 Å². The van der Waals surface area contributed by atoms with Gasteiger partial charge in [-0.25, -0.2) is 0 Å². The molecule has 0 unspecified atom stereocenters. The Morgan fingerprint density at radius 3 is 2.59 bits per heavy atom. The molecular formula is C15H17NO. The summed E-state index contributed by atoms with van der Waals surface area (Å²) in [6.45, 7) is 2.83. The van der Waals surface area contributed by atoms with Crippen LogP contribution in [0.5, 0.6) is 0 Å². The Balaban J connectivity index is 1.79. The number of hydroxylamine groups is 2. The number of benzene rings is 2. The Morgan fingerprint density at radius 1 is 0.941 bits per heavy atom. The van der Waals surface area contributed by atoms with Crippen molar-refractivity contribution in [2.24, 2.45) is 0 Å². The first-order valence-corrected chi connectivity index (χ1v) is 6.28. The summed E-state index contributed by atoms with van der Waals surface area (Å²) in [5.74, 6) is 0. The average Bonchev–Trinajstić information content (AvgIpc) is 2.89. The topological polar surface area (TPSA) is 12.5 Å². The third kappa shape index (κ3) is 2.33. The van der Waals surface area contributed by atoms with E-state index in [1.54, 1.807) is 0 Å². The zero-order valence-electron chi connectivity index (χ0n) is 9.93. The van der Waals surface area contributed by atoms with E-state index in [-0.39, 0.29) is 0 Å². The number of rotatable bonds is 3. The van der Waals surface area contributed by atoms with Gasteiger partial charge in [0.1, 0.15) is 0 Å². The van der Waals surface area contributed by atoms with Gasteiger partial charge in [0.25, 0.3) is 0 Å². The van der Waals surface area contributed by atoms with Crippen LogP contribution in [0.1, 0.15) is 18.4 Å². The van der Waals surface area contributed by atoms with Crippen molar-refractivity contribution in [2.75, 3.05) is 13.1 Å². The van der Waals surface area contributed by atoms with Crippen molar-refractivity contribution in [3.63, 3.8) is 0 Å². The number of hydrogen-bond donors (Lipinski definition) is 0. The third-order valence-electron chi connectivity index (χ3n) is 3.35. The van der Waals surface area contributed by atoms with Gasteiger partial charge < -0.3 is 0 Å². The Labute approximate surface area is 102 Å². The quantitative estimate of drug-likeness (QED) is 0.797. The lowest BCUT2D eigenvalue weighted by atomic mass is 10.1. The summed E-state index contributed by atoms with van der Waals surface area (Å²) < 4.78 is 0. The van der Waals surface area contributed by atoms with Gasteiger partial charge in [-0.1, -0.05) is 42.5 Å². The van der Waals surface area contributed by atoms with Crippen molar-refractivity contribution in [3.8, 4) is 0 Å². The third-order valence-corrected chi connectivity index (χ3v) is 3.35. The Kier molecular flexibility index (Phi) is 3.08. The number of hydrogen-bond acceptors (Lipinski definition) is 2. The maximum atomic E-state index is 5.83. The van der Waals surface area contributed by atoms with Crippen molar-refractivity contribution in [2.45, 2.75) is 19.4 Å². The van der Waals surface area contributed by atoms with E-state index in [1.807, 2.05) is 0 Å². The molecule has 0 bridgehead atoms. The van der Waals surface area contributed by atoms with Crippen LogP contribution in [0, 0.1) is 0 Å². The molecule has 0 aliphatic carbocycles. The van der Waals surface area contributed by atoms with Crippen LogP contribution < -0.4 is 0 Å². The highest BCUT2D eigenvalue weighted by molar-refractivity contribution is 5.85. The van der Waals surface area contributed by atoms with E-state index in [4.69, 9.17) is 4.84 Å². The standard InChI is InChI=1S/C15H17NO/c1-2-9-15-13(6-1)7-5-8-14(15)12-17-16-10-3-4-11-16/h1-2,5-9H,3-4,10-12H2. The van der Waals surface area contributed by atoms with Gasteiger partial charge >= 0.3 is 0 Å². The molecule has 0 saturated carbocycles. The molecule has 0 radical (unpaired) electrons. The summed E-state index contributed by atoms with van der Waals surface area (Å²) in [7, 11) is 0. The molecule has 1 aliphatic heterocycles. The fraction of sp³-hybridized carbons (Fsp3) is 0.333. The SMILES string of the molecule is c1ccc2c(CON3CCCC3)cccc2c1. The second-order valence-electron chi connectivity index (χ2n) is 4.55. The second kappa shape index (κ2) is 4.86. The van der Waals surface area contributed by atoms with Crippen LogP contribution in [0.25, 0.3) is 10.8 Å². The van der Waals surface area contributed by atoms with Crippen molar-refractivity contribution in [1.29, 1.82) is 0 Å². The van der Waals surface area contributed by atoms with Crippen molar-refractivity contribution >= 4 is 10.8 Å². The second-order valence-corrected chi connectivity index (χ2v) is 4.55. The zero-order valence-corrected chi connectivity index (χ0v) is 9.93. The Hall–Kier alpha value is -1.38. The molecular weight excluding hydrogens is 210 g/mol. The monoisotopic (exact) mass is 227 g/mol. The fourth-order valence-electron chi connectivity index (χ4n) is 2.40. The molecule has 1 aliphatic rings. The predicted molar refractivity (Wildman–Crippen MR) is 69.5 cm³/mol.